The fourth-order valence-corrected chi connectivity index (χ4v) is 5.34. The molecule has 1 aromatic rings. The second-order valence-electron chi connectivity index (χ2n) is 9.54. The average molecular weight is 459 g/mol. The van der Waals surface area contributed by atoms with E-state index < -0.39 is 4.92 Å². The van der Waals surface area contributed by atoms with Gasteiger partial charge in [-0.25, -0.2) is 0 Å². The first-order chi connectivity index (χ1) is 16.0. The summed E-state index contributed by atoms with van der Waals surface area (Å²) in [6, 6.07) is 5.16. The highest BCUT2D eigenvalue weighted by molar-refractivity contribution is 5.98. The van der Waals surface area contributed by atoms with Crippen molar-refractivity contribution >= 4 is 17.4 Å². The van der Waals surface area contributed by atoms with Crippen LogP contribution in [0, 0.1) is 10.1 Å². The van der Waals surface area contributed by atoms with Crippen LogP contribution in [0.5, 0.6) is 5.75 Å². The Morgan fingerprint density at radius 3 is 2.12 bits per heavy atom. The lowest BCUT2D eigenvalue weighted by atomic mass is 9.88. The standard InChI is InChI=1S/C26H38N2O5/c1-20(29)24-19-23(16-17-25(24)28(31)32)33-18-10-4-9-15-26(30)27(21-11-5-2-6-12-21)22-13-7-3-8-14-22/h16-17,19,21-22H,2-15,18H2,1H3. The molecule has 1 aromatic carbocycles. The third kappa shape index (κ3) is 7.27. The van der Waals surface area contributed by atoms with Crippen molar-refractivity contribution in [2.24, 2.45) is 0 Å². The second-order valence-corrected chi connectivity index (χ2v) is 9.54. The number of hydrogen-bond acceptors (Lipinski definition) is 5. The highest BCUT2D eigenvalue weighted by Crippen LogP contribution is 2.31. The van der Waals surface area contributed by atoms with Gasteiger partial charge in [0.25, 0.3) is 5.69 Å². The maximum Gasteiger partial charge on any atom is 0.280 e. The topological polar surface area (TPSA) is 89.8 Å². The monoisotopic (exact) mass is 458 g/mol. The van der Waals surface area contributed by atoms with Gasteiger partial charge in [0.05, 0.1) is 17.1 Å². The Labute approximate surface area is 197 Å². The van der Waals surface area contributed by atoms with Gasteiger partial charge in [-0.3, -0.25) is 19.7 Å². The van der Waals surface area contributed by atoms with Gasteiger partial charge < -0.3 is 9.64 Å². The molecule has 2 saturated carbocycles. The summed E-state index contributed by atoms with van der Waals surface area (Å²) in [6.45, 7) is 1.77. The Hall–Kier alpha value is -2.44. The van der Waals surface area contributed by atoms with Gasteiger partial charge >= 0.3 is 0 Å². The second kappa shape index (κ2) is 12.7. The predicted octanol–water partition coefficient (Wildman–Crippen LogP) is 6.23. The zero-order valence-electron chi connectivity index (χ0n) is 19.9. The van der Waals surface area contributed by atoms with Crippen molar-refractivity contribution in [2.45, 2.75) is 109 Å². The van der Waals surface area contributed by atoms with E-state index in [1.165, 1.54) is 63.6 Å². The molecular formula is C26H38N2O5. The van der Waals surface area contributed by atoms with Crippen molar-refractivity contribution < 1.29 is 19.2 Å². The lowest BCUT2D eigenvalue weighted by Crippen LogP contribution is -2.48. The number of nitrogens with zero attached hydrogens (tertiary/aromatic N) is 2. The number of benzene rings is 1. The Morgan fingerprint density at radius 1 is 0.970 bits per heavy atom. The fourth-order valence-electron chi connectivity index (χ4n) is 5.34. The number of carbonyl (C=O) groups is 2. The SMILES string of the molecule is CC(=O)c1cc(OCCCCCC(=O)N(C2CCCCC2)C2CCCCC2)ccc1[N+](=O)[O-]. The van der Waals surface area contributed by atoms with E-state index in [9.17, 15) is 19.7 Å². The number of rotatable bonds is 11. The zero-order chi connectivity index (χ0) is 23.6. The summed E-state index contributed by atoms with van der Waals surface area (Å²) in [5.74, 6) is 0.435. The van der Waals surface area contributed by atoms with Crippen molar-refractivity contribution in [3.05, 3.63) is 33.9 Å². The Morgan fingerprint density at radius 2 is 1.58 bits per heavy atom. The summed E-state index contributed by atoms with van der Waals surface area (Å²) >= 11 is 0. The minimum absolute atomic E-state index is 0.0635. The number of nitro benzene ring substituents is 1. The van der Waals surface area contributed by atoms with Crippen LogP contribution in [-0.4, -0.2) is 40.2 Å². The van der Waals surface area contributed by atoms with E-state index in [1.807, 2.05) is 0 Å². The fraction of sp³-hybridized carbons (Fsp3) is 0.692. The van der Waals surface area contributed by atoms with Crippen LogP contribution in [-0.2, 0) is 4.79 Å². The molecule has 0 N–H and O–H groups in total. The predicted molar refractivity (Wildman–Crippen MR) is 128 cm³/mol. The number of unbranched alkanes of at least 4 members (excludes halogenated alkanes) is 2. The summed E-state index contributed by atoms with van der Waals surface area (Å²) in [4.78, 5) is 37.7. The van der Waals surface area contributed by atoms with E-state index in [-0.39, 0.29) is 17.0 Å². The maximum absolute atomic E-state index is 13.2. The summed E-state index contributed by atoms with van der Waals surface area (Å²) in [5, 5.41) is 11.1. The van der Waals surface area contributed by atoms with Crippen molar-refractivity contribution in [1.82, 2.24) is 4.90 Å². The molecule has 0 aliphatic heterocycles. The number of carbonyl (C=O) groups excluding carboxylic acids is 2. The van der Waals surface area contributed by atoms with Crippen LogP contribution in [0.2, 0.25) is 0 Å². The Bertz CT molecular complexity index is 795. The lowest BCUT2D eigenvalue weighted by molar-refractivity contribution is -0.385. The summed E-state index contributed by atoms with van der Waals surface area (Å²) < 4.78 is 5.71. The van der Waals surface area contributed by atoms with Gasteiger partial charge in [-0.05, 0) is 64.0 Å². The van der Waals surface area contributed by atoms with E-state index in [4.69, 9.17) is 4.74 Å². The third-order valence-corrected chi connectivity index (χ3v) is 7.07. The van der Waals surface area contributed by atoms with Crippen LogP contribution in [0.4, 0.5) is 5.69 Å². The summed E-state index contributed by atoms with van der Waals surface area (Å²) in [5.41, 5.74) is -0.137. The number of amides is 1. The molecule has 2 aliphatic rings. The molecule has 0 heterocycles. The largest absolute Gasteiger partial charge is 0.494 e. The number of ether oxygens (including phenoxy) is 1. The van der Waals surface area contributed by atoms with E-state index in [0.717, 1.165) is 44.9 Å². The highest BCUT2D eigenvalue weighted by Gasteiger charge is 2.31. The van der Waals surface area contributed by atoms with Gasteiger partial charge in [-0.1, -0.05) is 38.5 Å². The molecular weight excluding hydrogens is 420 g/mol. The average Bonchev–Trinajstić information content (AvgIpc) is 2.82. The minimum Gasteiger partial charge on any atom is -0.494 e. The normalized spacial score (nSPS) is 17.5. The number of nitro groups is 1. The van der Waals surface area contributed by atoms with Crippen molar-refractivity contribution in [3.8, 4) is 5.75 Å². The van der Waals surface area contributed by atoms with E-state index in [0.29, 0.717) is 36.8 Å². The molecule has 7 nitrogen and oxygen atoms in total. The zero-order valence-corrected chi connectivity index (χ0v) is 19.9. The molecule has 2 aliphatic carbocycles. The molecule has 0 aromatic heterocycles. The van der Waals surface area contributed by atoms with Gasteiger partial charge in [0, 0.05) is 24.6 Å². The smallest absolute Gasteiger partial charge is 0.280 e. The van der Waals surface area contributed by atoms with Gasteiger partial charge in [0.15, 0.2) is 5.78 Å². The molecule has 2 fully saturated rings. The number of hydrogen-bond donors (Lipinski definition) is 0. The molecule has 7 heteroatoms. The molecule has 0 atom stereocenters. The van der Waals surface area contributed by atoms with Crippen molar-refractivity contribution in [1.29, 1.82) is 0 Å². The van der Waals surface area contributed by atoms with Crippen LogP contribution in [0.25, 0.3) is 0 Å². The molecule has 182 valence electrons. The van der Waals surface area contributed by atoms with Crippen molar-refractivity contribution in [2.75, 3.05) is 6.61 Å². The summed E-state index contributed by atoms with van der Waals surface area (Å²) in [6.07, 6.45) is 15.3. The molecule has 33 heavy (non-hydrogen) atoms. The van der Waals surface area contributed by atoms with Gasteiger partial charge in [-0.2, -0.15) is 0 Å². The van der Waals surface area contributed by atoms with Crippen LogP contribution >= 0.6 is 0 Å². The first kappa shape index (κ1) is 25.2. The molecule has 3 rings (SSSR count). The Kier molecular flexibility index (Phi) is 9.70. The van der Waals surface area contributed by atoms with Crippen molar-refractivity contribution in [3.63, 3.8) is 0 Å². The van der Waals surface area contributed by atoms with Crippen LogP contribution in [0.15, 0.2) is 18.2 Å². The molecule has 0 unspecified atom stereocenters. The first-order valence-electron chi connectivity index (χ1n) is 12.7. The van der Waals surface area contributed by atoms with Gasteiger partial charge in [-0.15, -0.1) is 0 Å². The lowest BCUT2D eigenvalue weighted by Gasteiger charge is -2.42. The molecule has 1 amide bonds. The highest BCUT2D eigenvalue weighted by atomic mass is 16.6. The summed E-state index contributed by atoms with van der Waals surface area (Å²) in [7, 11) is 0. The van der Waals surface area contributed by atoms with E-state index in [1.54, 1.807) is 0 Å². The molecule has 0 bridgehead atoms. The van der Waals surface area contributed by atoms with E-state index >= 15 is 0 Å². The quantitative estimate of drug-likeness (QED) is 0.170. The maximum atomic E-state index is 13.2. The van der Waals surface area contributed by atoms with Crippen LogP contribution < -0.4 is 4.74 Å². The third-order valence-electron chi connectivity index (χ3n) is 7.07. The minimum atomic E-state index is -0.554. The van der Waals surface area contributed by atoms with Crippen LogP contribution in [0.3, 0.4) is 0 Å². The number of ketones is 1. The Balaban J connectivity index is 1.43. The first-order valence-corrected chi connectivity index (χ1v) is 12.7. The molecule has 0 radical (unpaired) electrons. The molecule has 0 saturated heterocycles. The van der Waals surface area contributed by atoms with Crippen LogP contribution in [0.1, 0.15) is 107 Å². The number of Topliss-reactive ketones (excluding diaryl/α,β-unsaturated/α-hetero) is 1. The van der Waals surface area contributed by atoms with E-state index in [2.05, 4.69) is 4.90 Å². The molecule has 0 spiro atoms. The van der Waals surface area contributed by atoms with Gasteiger partial charge in [0.1, 0.15) is 5.75 Å². The van der Waals surface area contributed by atoms with Gasteiger partial charge in [0.2, 0.25) is 5.91 Å².